The second-order valence-corrected chi connectivity index (χ2v) is 8.66. The van der Waals surface area contributed by atoms with Crippen molar-refractivity contribution in [2.24, 2.45) is 5.92 Å². The van der Waals surface area contributed by atoms with E-state index in [1.54, 1.807) is 45.0 Å². The van der Waals surface area contributed by atoms with Crippen LogP contribution in [0.1, 0.15) is 44.2 Å². The minimum Gasteiger partial charge on any atom is -0.496 e. The summed E-state index contributed by atoms with van der Waals surface area (Å²) in [6, 6.07) is 16.3. The van der Waals surface area contributed by atoms with Gasteiger partial charge in [-0.25, -0.2) is 4.79 Å². The Morgan fingerprint density at radius 1 is 1.03 bits per heavy atom. The molecule has 0 aliphatic rings. The fourth-order valence-corrected chi connectivity index (χ4v) is 3.55. The molecule has 0 fully saturated rings. The zero-order chi connectivity index (χ0) is 24.4. The molecule has 0 unspecified atom stereocenters. The highest BCUT2D eigenvalue weighted by Crippen LogP contribution is 2.35. The number of rotatable bonds is 12. The first-order valence-corrected chi connectivity index (χ1v) is 10.8. The first kappa shape index (κ1) is 26.0. The number of ether oxygens (including phenoxy) is 3. The van der Waals surface area contributed by atoms with Gasteiger partial charge in [-0.2, -0.15) is 0 Å². The number of carbonyl (C=O) groups is 2. The van der Waals surface area contributed by atoms with Gasteiger partial charge in [-0.15, -0.1) is 0 Å². The zero-order valence-corrected chi connectivity index (χ0v) is 19.5. The van der Waals surface area contributed by atoms with E-state index in [4.69, 9.17) is 14.2 Å². The minimum absolute atomic E-state index is 0.113. The molecule has 8 heteroatoms. The normalized spacial score (nSPS) is 13.1. The number of carbonyl (C=O) groups excluding carboxylic acids is 2. The highest BCUT2D eigenvalue weighted by atomic mass is 16.6. The molecule has 0 aliphatic carbocycles. The molecule has 2 atom stereocenters. The van der Waals surface area contributed by atoms with Crippen molar-refractivity contribution in [1.29, 1.82) is 0 Å². The van der Waals surface area contributed by atoms with Crippen LogP contribution < -0.4 is 4.74 Å². The molecule has 178 valence electrons. The van der Waals surface area contributed by atoms with Crippen molar-refractivity contribution in [1.82, 2.24) is 0 Å². The molecule has 0 heterocycles. The second kappa shape index (κ2) is 12.1. The monoisotopic (exact) mass is 457 g/mol. The van der Waals surface area contributed by atoms with Crippen LogP contribution in [0, 0.1) is 16.0 Å². The molecule has 8 nitrogen and oxygen atoms in total. The summed E-state index contributed by atoms with van der Waals surface area (Å²) in [6.45, 7) is 4.89. The van der Waals surface area contributed by atoms with Gasteiger partial charge in [0.25, 0.3) is 0 Å². The molecule has 2 aromatic rings. The lowest BCUT2D eigenvalue weighted by atomic mass is 9.80. The molecule has 0 spiro atoms. The second-order valence-electron chi connectivity index (χ2n) is 8.66. The highest BCUT2D eigenvalue weighted by Gasteiger charge is 2.39. The van der Waals surface area contributed by atoms with Crippen LogP contribution in [-0.4, -0.2) is 42.5 Å². The molecular formula is C25H31NO7. The third kappa shape index (κ3) is 8.31. The van der Waals surface area contributed by atoms with Crippen molar-refractivity contribution >= 4 is 11.8 Å². The van der Waals surface area contributed by atoms with Gasteiger partial charge in [0.15, 0.2) is 0 Å². The van der Waals surface area contributed by atoms with Gasteiger partial charge < -0.3 is 14.2 Å². The van der Waals surface area contributed by atoms with Crippen molar-refractivity contribution in [3.63, 3.8) is 0 Å². The highest BCUT2D eigenvalue weighted by molar-refractivity contribution is 6.34. The number of hydrogen-bond donors (Lipinski definition) is 0. The van der Waals surface area contributed by atoms with Crippen molar-refractivity contribution in [3.8, 4) is 5.75 Å². The van der Waals surface area contributed by atoms with Crippen LogP contribution in [0.15, 0.2) is 54.6 Å². The van der Waals surface area contributed by atoms with Gasteiger partial charge in [-0.05, 0) is 38.8 Å². The fraction of sp³-hybridized carbons (Fsp3) is 0.440. The summed E-state index contributed by atoms with van der Waals surface area (Å²) < 4.78 is 16.4. The van der Waals surface area contributed by atoms with Gasteiger partial charge in [0, 0.05) is 23.0 Å². The van der Waals surface area contributed by atoms with Crippen LogP contribution in [0.2, 0.25) is 0 Å². The summed E-state index contributed by atoms with van der Waals surface area (Å²) in [5.74, 6) is -3.32. The first-order valence-electron chi connectivity index (χ1n) is 10.8. The van der Waals surface area contributed by atoms with E-state index in [9.17, 15) is 19.7 Å². The van der Waals surface area contributed by atoms with E-state index in [0.717, 1.165) is 5.56 Å². The van der Waals surface area contributed by atoms with Gasteiger partial charge in [0.2, 0.25) is 12.3 Å². The number of nitro groups is 1. The first-order chi connectivity index (χ1) is 15.6. The third-order valence-corrected chi connectivity index (χ3v) is 4.99. The molecule has 33 heavy (non-hydrogen) atoms. The number of benzene rings is 2. The lowest BCUT2D eigenvalue weighted by Crippen LogP contribution is -2.37. The molecule has 0 aliphatic heterocycles. The molecule has 0 saturated carbocycles. The average molecular weight is 458 g/mol. The molecule has 0 radical (unpaired) electrons. The summed E-state index contributed by atoms with van der Waals surface area (Å²) in [4.78, 5) is 36.8. The number of Topliss-reactive ketones (excluding diaryl/α,β-unsaturated/α-hetero) is 1. The van der Waals surface area contributed by atoms with Gasteiger partial charge in [0.05, 0.1) is 19.6 Å². The Morgan fingerprint density at radius 2 is 1.67 bits per heavy atom. The number of methoxy groups -OCH3 is 1. The number of esters is 1. The molecule has 0 aromatic heterocycles. The molecule has 0 amide bonds. The Balaban J connectivity index is 2.31. The Labute approximate surface area is 194 Å². The van der Waals surface area contributed by atoms with E-state index in [1.165, 1.54) is 7.11 Å². The van der Waals surface area contributed by atoms with Gasteiger partial charge in [0.1, 0.15) is 11.4 Å². The molecule has 0 N–H and O–H groups in total. The van der Waals surface area contributed by atoms with Gasteiger partial charge >= 0.3 is 5.97 Å². The number of nitrogens with zero attached hydrogens (tertiary/aromatic N) is 1. The lowest BCUT2D eigenvalue weighted by Gasteiger charge is -2.26. The standard InChI is InChI=1S/C25H31NO7/c1-25(2,3)33-24(28)23(27)20(14-15-32-17-18-10-6-5-7-11-18)21(16-26(29)30)19-12-8-9-13-22(19)31-4/h5-13,20-21H,14-17H2,1-4H3/t20-,21+/m0/s1. The van der Waals surface area contributed by atoms with E-state index in [0.29, 0.717) is 17.9 Å². The summed E-state index contributed by atoms with van der Waals surface area (Å²) >= 11 is 0. The molecule has 2 rings (SSSR count). The van der Waals surface area contributed by atoms with Crippen LogP contribution in [0.5, 0.6) is 5.75 Å². The Bertz CT molecular complexity index is 937. The molecule has 0 bridgehead atoms. The number of hydrogen-bond acceptors (Lipinski definition) is 7. The SMILES string of the molecule is COc1ccccc1[C@@H](C[N+](=O)[O-])[C@H](CCOCc1ccccc1)C(=O)C(=O)OC(C)(C)C. The summed E-state index contributed by atoms with van der Waals surface area (Å²) in [7, 11) is 1.45. The van der Waals surface area contributed by atoms with Gasteiger partial charge in [-0.1, -0.05) is 48.5 Å². The van der Waals surface area contributed by atoms with Crippen LogP contribution in [0.4, 0.5) is 0 Å². The third-order valence-electron chi connectivity index (χ3n) is 4.99. The predicted molar refractivity (Wildman–Crippen MR) is 123 cm³/mol. The maximum atomic E-state index is 13.2. The Morgan fingerprint density at radius 3 is 2.27 bits per heavy atom. The van der Waals surface area contributed by atoms with Crippen LogP contribution in [0.25, 0.3) is 0 Å². The van der Waals surface area contributed by atoms with E-state index in [2.05, 4.69) is 0 Å². The van der Waals surface area contributed by atoms with Crippen molar-refractivity contribution in [2.45, 2.75) is 45.3 Å². The van der Waals surface area contributed by atoms with E-state index < -0.39 is 40.7 Å². The predicted octanol–water partition coefficient (Wildman–Crippen LogP) is 4.19. The topological polar surface area (TPSA) is 105 Å². The van der Waals surface area contributed by atoms with Crippen molar-refractivity contribution in [3.05, 3.63) is 75.8 Å². The smallest absolute Gasteiger partial charge is 0.375 e. The average Bonchev–Trinajstić information content (AvgIpc) is 2.77. The fourth-order valence-electron chi connectivity index (χ4n) is 3.55. The van der Waals surface area contributed by atoms with Crippen molar-refractivity contribution in [2.75, 3.05) is 20.3 Å². The summed E-state index contributed by atoms with van der Waals surface area (Å²) in [5.41, 5.74) is 0.574. The van der Waals surface area contributed by atoms with Gasteiger partial charge in [-0.3, -0.25) is 14.9 Å². The Kier molecular flexibility index (Phi) is 9.54. The summed E-state index contributed by atoms with van der Waals surface area (Å²) in [5, 5.41) is 11.5. The zero-order valence-electron chi connectivity index (χ0n) is 19.5. The maximum absolute atomic E-state index is 13.2. The lowest BCUT2D eigenvalue weighted by molar-refractivity contribution is -0.484. The van der Waals surface area contributed by atoms with E-state index in [-0.39, 0.29) is 13.0 Å². The van der Waals surface area contributed by atoms with E-state index >= 15 is 0 Å². The number of ketones is 1. The largest absolute Gasteiger partial charge is 0.496 e. The van der Waals surface area contributed by atoms with Crippen LogP contribution in [0.3, 0.4) is 0 Å². The summed E-state index contributed by atoms with van der Waals surface area (Å²) in [6.07, 6.45) is 0.113. The van der Waals surface area contributed by atoms with Crippen LogP contribution >= 0.6 is 0 Å². The molecular weight excluding hydrogens is 426 g/mol. The van der Waals surface area contributed by atoms with Crippen molar-refractivity contribution < 1.29 is 28.7 Å². The van der Waals surface area contributed by atoms with Crippen LogP contribution in [-0.2, 0) is 25.7 Å². The number of para-hydroxylation sites is 1. The van der Waals surface area contributed by atoms with E-state index in [1.807, 2.05) is 30.3 Å². The molecule has 0 saturated heterocycles. The molecule has 2 aromatic carbocycles. The quantitative estimate of drug-likeness (QED) is 0.155. The maximum Gasteiger partial charge on any atom is 0.375 e. The Hall–Kier alpha value is -3.26. The minimum atomic E-state index is -1.02.